The molecule has 0 fully saturated rings. The fourth-order valence-corrected chi connectivity index (χ4v) is 1.54. The lowest BCUT2D eigenvalue weighted by Crippen LogP contribution is -2.21. The highest BCUT2D eigenvalue weighted by Crippen LogP contribution is 2.30. The normalized spacial score (nSPS) is 14.0. The van der Waals surface area contributed by atoms with Gasteiger partial charge in [0.2, 0.25) is 0 Å². The van der Waals surface area contributed by atoms with Crippen LogP contribution in [0.3, 0.4) is 0 Å². The van der Waals surface area contributed by atoms with Gasteiger partial charge < -0.3 is 5.73 Å². The summed E-state index contributed by atoms with van der Waals surface area (Å²) in [6.45, 7) is 0. The second kappa shape index (κ2) is 4.49. The molecule has 1 rings (SSSR count). The van der Waals surface area contributed by atoms with Gasteiger partial charge in [0, 0.05) is 16.1 Å². The molecule has 15 heavy (non-hydrogen) atoms. The number of halogens is 5. The number of benzene rings is 1. The van der Waals surface area contributed by atoms with Gasteiger partial charge in [-0.1, -0.05) is 15.9 Å². The number of hydrogen-bond acceptors (Lipinski definition) is 1. The molecule has 0 radical (unpaired) electrons. The molecule has 1 aromatic carbocycles. The molecule has 0 aliphatic carbocycles. The van der Waals surface area contributed by atoms with Crippen molar-refractivity contribution in [3.63, 3.8) is 0 Å². The number of nitrogens with two attached hydrogens (primary N) is 1. The first-order valence-electron chi connectivity index (χ1n) is 4.07. The van der Waals surface area contributed by atoms with E-state index in [2.05, 4.69) is 15.9 Å². The average Bonchev–Trinajstić information content (AvgIpc) is 2.06. The zero-order chi connectivity index (χ0) is 11.6. The van der Waals surface area contributed by atoms with Crippen molar-refractivity contribution in [2.75, 3.05) is 0 Å². The fraction of sp³-hybridized carbons (Fsp3) is 0.333. The van der Waals surface area contributed by atoms with Crippen molar-refractivity contribution in [3.8, 4) is 0 Å². The lowest BCUT2D eigenvalue weighted by Gasteiger charge is -2.15. The lowest BCUT2D eigenvalue weighted by atomic mass is 10.0. The third-order valence-corrected chi connectivity index (χ3v) is 2.30. The molecule has 2 N–H and O–H groups in total. The van der Waals surface area contributed by atoms with Crippen LogP contribution < -0.4 is 5.73 Å². The van der Waals surface area contributed by atoms with Crippen LogP contribution in [0.1, 0.15) is 18.0 Å². The maximum absolute atomic E-state index is 13.1. The third kappa shape index (κ3) is 3.79. The minimum absolute atomic E-state index is 0.137. The molecule has 0 aromatic heterocycles. The standard InChI is InChI=1S/C9H8BrF4N/c10-5-1-2-7(11)6(3-5)8(15)4-9(12,13)14/h1-3,8H,4,15H2. The Morgan fingerprint density at radius 1 is 1.33 bits per heavy atom. The molecule has 1 atom stereocenters. The first-order chi connectivity index (χ1) is 6.79. The van der Waals surface area contributed by atoms with Crippen molar-refractivity contribution in [2.45, 2.75) is 18.6 Å². The maximum Gasteiger partial charge on any atom is 0.390 e. The van der Waals surface area contributed by atoms with E-state index in [0.29, 0.717) is 4.47 Å². The highest BCUT2D eigenvalue weighted by atomic mass is 79.9. The zero-order valence-electron chi connectivity index (χ0n) is 7.48. The predicted molar refractivity (Wildman–Crippen MR) is 51.7 cm³/mol. The van der Waals surface area contributed by atoms with Gasteiger partial charge in [0.05, 0.1) is 6.42 Å². The maximum atomic E-state index is 13.1. The van der Waals surface area contributed by atoms with Crippen LogP contribution in [0.4, 0.5) is 17.6 Å². The van der Waals surface area contributed by atoms with Crippen LogP contribution in [-0.2, 0) is 0 Å². The minimum atomic E-state index is -4.39. The van der Waals surface area contributed by atoms with Crippen molar-refractivity contribution < 1.29 is 17.6 Å². The summed E-state index contributed by atoms with van der Waals surface area (Å²) in [6, 6.07) is 2.36. The molecule has 0 heterocycles. The summed E-state index contributed by atoms with van der Waals surface area (Å²) >= 11 is 3.04. The van der Waals surface area contributed by atoms with E-state index in [1.165, 1.54) is 12.1 Å². The Bertz CT molecular complexity index is 350. The highest BCUT2D eigenvalue weighted by Gasteiger charge is 2.31. The summed E-state index contributed by atoms with van der Waals surface area (Å²) in [5, 5.41) is 0. The van der Waals surface area contributed by atoms with Gasteiger partial charge >= 0.3 is 6.18 Å². The predicted octanol–water partition coefficient (Wildman–Crippen LogP) is 3.54. The van der Waals surface area contributed by atoms with Gasteiger partial charge in [-0.3, -0.25) is 0 Å². The van der Waals surface area contributed by atoms with E-state index in [-0.39, 0.29) is 5.56 Å². The second-order valence-electron chi connectivity index (χ2n) is 3.09. The molecule has 0 saturated carbocycles. The van der Waals surface area contributed by atoms with Crippen LogP contribution in [0.2, 0.25) is 0 Å². The Balaban J connectivity index is 2.90. The molecule has 6 heteroatoms. The number of hydrogen-bond donors (Lipinski definition) is 1. The quantitative estimate of drug-likeness (QED) is 0.827. The summed E-state index contributed by atoms with van der Waals surface area (Å²) < 4.78 is 49.7. The van der Waals surface area contributed by atoms with Crippen molar-refractivity contribution in [3.05, 3.63) is 34.1 Å². The summed E-state index contributed by atoms with van der Waals surface area (Å²) in [4.78, 5) is 0. The van der Waals surface area contributed by atoms with Gasteiger partial charge in [-0.15, -0.1) is 0 Å². The molecule has 0 aliphatic rings. The highest BCUT2D eigenvalue weighted by molar-refractivity contribution is 9.10. The molecule has 1 nitrogen and oxygen atoms in total. The first kappa shape index (κ1) is 12.4. The van der Waals surface area contributed by atoms with Gasteiger partial charge in [0.15, 0.2) is 0 Å². The van der Waals surface area contributed by atoms with Crippen molar-refractivity contribution in [1.82, 2.24) is 0 Å². The van der Waals surface area contributed by atoms with E-state index >= 15 is 0 Å². The van der Waals surface area contributed by atoms with E-state index < -0.39 is 24.5 Å². The lowest BCUT2D eigenvalue weighted by molar-refractivity contribution is -0.138. The summed E-state index contributed by atoms with van der Waals surface area (Å²) in [5.74, 6) is -0.727. The Morgan fingerprint density at radius 3 is 2.47 bits per heavy atom. The molecule has 0 amide bonds. The first-order valence-corrected chi connectivity index (χ1v) is 4.86. The van der Waals surface area contributed by atoms with Crippen molar-refractivity contribution >= 4 is 15.9 Å². The Hall–Kier alpha value is -0.620. The third-order valence-electron chi connectivity index (χ3n) is 1.81. The van der Waals surface area contributed by atoms with Crippen LogP contribution in [0, 0.1) is 5.82 Å². The monoisotopic (exact) mass is 285 g/mol. The molecule has 0 aliphatic heterocycles. The molecule has 0 spiro atoms. The molecule has 1 aromatic rings. The number of alkyl halides is 3. The molecule has 1 unspecified atom stereocenters. The van der Waals surface area contributed by atoms with E-state index in [0.717, 1.165) is 6.07 Å². The van der Waals surface area contributed by atoms with E-state index in [1.807, 2.05) is 0 Å². The molecule has 0 bridgehead atoms. The Morgan fingerprint density at radius 2 is 1.93 bits per heavy atom. The van der Waals surface area contributed by atoms with Crippen molar-refractivity contribution in [2.24, 2.45) is 5.73 Å². The van der Waals surface area contributed by atoms with E-state index in [9.17, 15) is 17.6 Å². The van der Waals surface area contributed by atoms with Crippen LogP contribution in [0.25, 0.3) is 0 Å². The van der Waals surface area contributed by atoms with Crippen molar-refractivity contribution in [1.29, 1.82) is 0 Å². The molecule has 0 saturated heterocycles. The van der Waals surface area contributed by atoms with Crippen LogP contribution in [0.15, 0.2) is 22.7 Å². The average molecular weight is 286 g/mol. The van der Waals surface area contributed by atoms with Gasteiger partial charge in [0.1, 0.15) is 5.82 Å². The summed E-state index contributed by atoms with van der Waals surface area (Å²) in [6.07, 6.45) is -5.63. The fourth-order valence-electron chi connectivity index (χ4n) is 1.16. The Kier molecular flexibility index (Phi) is 3.72. The largest absolute Gasteiger partial charge is 0.390 e. The molecular weight excluding hydrogens is 278 g/mol. The van der Waals surface area contributed by atoms with Crippen LogP contribution in [-0.4, -0.2) is 6.18 Å². The second-order valence-corrected chi connectivity index (χ2v) is 4.01. The SMILES string of the molecule is NC(CC(F)(F)F)c1cc(Br)ccc1F. The zero-order valence-corrected chi connectivity index (χ0v) is 9.07. The molecular formula is C9H8BrF4N. The topological polar surface area (TPSA) is 26.0 Å². The Labute approximate surface area is 92.4 Å². The van der Waals surface area contributed by atoms with E-state index in [1.54, 1.807) is 0 Å². The van der Waals surface area contributed by atoms with E-state index in [4.69, 9.17) is 5.73 Å². The van der Waals surface area contributed by atoms with Crippen LogP contribution >= 0.6 is 15.9 Å². The van der Waals surface area contributed by atoms with Gasteiger partial charge in [0.25, 0.3) is 0 Å². The summed E-state index contributed by atoms with van der Waals surface area (Å²) in [7, 11) is 0. The van der Waals surface area contributed by atoms with Gasteiger partial charge in [-0.2, -0.15) is 13.2 Å². The number of rotatable bonds is 2. The smallest absolute Gasteiger partial charge is 0.324 e. The van der Waals surface area contributed by atoms with Crippen LogP contribution in [0.5, 0.6) is 0 Å². The molecule has 84 valence electrons. The minimum Gasteiger partial charge on any atom is -0.324 e. The van der Waals surface area contributed by atoms with Gasteiger partial charge in [-0.05, 0) is 18.2 Å². The summed E-state index contributed by atoms with van der Waals surface area (Å²) in [5.41, 5.74) is 5.13. The van der Waals surface area contributed by atoms with Gasteiger partial charge in [-0.25, -0.2) is 4.39 Å².